The van der Waals surface area contributed by atoms with E-state index in [1.54, 1.807) is 34.2 Å². The van der Waals surface area contributed by atoms with Crippen LogP contribution >= 0.6 is 11.3 Å². The molecule has 0 spiro atoms. The number of aromatic nitrogens is 2. The number of amides is 1. The first-order valence-electron chi connectivity index (χ1n) is 8.24. The molecule has 3 rings (SSSR count). The summed E-state index contributed by atoms with van der Waals surface area (Å²) >= 11 is 1.66. The number of fused-ring (bicyclic) bond motifs is 3. The molecule has 2 aromatic heterocycles. The predicted octanol–water partition coefficient (Wildman–Crippen LogP) is 2.59. The summed E-state index contributed by atoms with van der Waals surface area (Å²) in [6.45, 7) is 4.35. The van der Waals surface area contributed by atoms with Crippen molar-refractivity contribution in [3.63, 3.8) is 0 Å². The third-order valence-corrected chi connectivity index (χ3v) is 5.88. The van der Waals surface area contributed by atoms with E-state index in [2.05, 4.69) is 4.98 Å². The molecule has 5 nitrogen and oxygen atoms in total. The van der Waals surface area contributed by atoms with Crippen molar-refractivity contribution in [2.24, 2.45) is 0 Å². The molecule has 124 valence electrons. The highest BCUT2D eigenvalue weighted by Crippen LogP contribution is 2.33. The summed E-state index contributed by atoms with van der Waals surface area (Å²) in [4.78, 5) is 33.2. The zero-order valence-electron chi connectivity index (χ0n) is 14.0. The standard InChI is InChI=1S/C17H23N3O2S/c1-11(2)19(3)14(21)8-9-20-10-18-16-15(17(20)22)12-6-4-5-7-13(12)23-16/h10-11H,4-9H2,1-3H3. The molecule has 0 radical (unpaired) electrons. The van der Waals surface area contributed by atoms with Gasteiger partial charge in [0.25, 0.3) is 5.56 Å². The lowest BCUT2D eigenvalue weighted by atomic mass is 9.97. The van der Waals surface area contributed by atoms with Crippen LogP contribution in [0.2, 0.25) is 0 Å². The van der Waals surface area contributed by atoms with E-state index in [0.29, 0.717) is 13.0 Å². The second-order valence-electron chi connectivity index (χ2n) is 6.48. The SMILES string of the molecule is CC(C)N(C)C(=O)CCn1cnc2sc3c(c2c1=O)CCCC3. The van der Waals surface area contributed by atoms with Crippen molar-refractivity contribution in [2.45, 2.75) is 58.5 Å². The Bertz CT molecular complexity index is 791. The average molecular weight is 333 g/mol. The second kappa shape index (κ2) is 6.43. The lowest BCUT2D eigenvalue weighted by molar-refractivity contribution is -0.131. The van der Waals surface area contributed by atoms with Crippen LogP contribution in [-0.2, 0) is 24.2 Å². The van der Waals surface area contributed by atoms with Gasteiger partial charge in [-0.25, -0.2) is 4.98 Å². The second-order valence-corrected chi connectivity index (χ2v) is 7.57. The molecule has 1 aliphatic carbocycles. The Morgan fingerprint density at radius 2 is 2.13 bits per heavy atom. The number of hydrogen-bond acceptors (Lipinski definition) is 4. The first kappa shape index (κ1) is 16.2. The average Bonchev–Trinajstić information content (AvgIpc) is 2.92. The number of carbonyl (C=O) groups excluding carboxylic acids is 1. The predicted molar refractivity (Wildman–Crippen MR) is 93.0 cm³/mol. The maximum atomic E-state index is 12.8. The van der Waals surface area contributed by atoms with Gasteiger partial charge in [0.2, 0.25) is 5.91 Å². The molecule has 0 bridgehead atoms. The van der Waals surface area contributed by atoms with Crippen LogP contribution in [-0.4, -0.2) is 33.4 Å². The van der Waals surface area contributed by atoms with E-state index in [9.17, 15) is 9.59 Å². The van der Waals surface area contributed by atoms with E-state index in [-0.39, 0.29) is 17.5 Å². The molecule has 2 aromatic rings. The topological polar surface area (TPSA) is 55.2 Å². The molecular formula is C17H23N3O2S. The normalized spacial score (nSPS) is 14.3. The number of nitrogens with zero attached hydrogens (tertiary/aromatic N) is 3. The van der Waals surface area contributed by atoms with Crippen molar-refractivity contribution in [3.05, 3.63) is 27.1 Å². The van der Waals surface area contributed by atoms with Gasteiger partial charge in [0, 0.05) is 30.9 Å². The summed E-state index contributed by atoms with van der Waals surface area (Å²) in [5.74, 6) is 0.0549. The van der Waals surface area contributed by atoms with Gasteiger partial charge in [0.05, 0.1) is 11.7 Å². The Hall–Kier alpha value is -1.69. The summed E-state index contributed by atoms with van der Waals surface area (Å²) in [7, 11) is 1.80. The molecule has 1 amide bonds. The van der Waals surface area contributed by atoms with Gasteiger partial charge < -0.3 is 4.90 Å². The molecule has 0 aromatic carbocycles. The molecule has 0 unspecified atom stereocenters. The van der Waals surface area contributed by atoms with Crippen molar-refractivity contribution in [2.75, 3.05) is 7.05 Å². The third-order valence-electron chi connectivity index (χ3n) is 4.68. The Balaban J connectivity index is 1.86. The molecule has 6 heteroatoms. The van der Waals surface area contributed by atoms with Crippen LogP contribution < -0.4 is 5.56 Å². The van der Waals surface area contributed by atoms with Crippen LogP contribution in [0.15, 0.2) is 11.1 Å². The van der Waals surface area contributed by atoms with E-state index >= 15 is 0 Å². The van der Waals surface area contributed by atoms with Crippen molar-refractivity contribution in [3.8, 4) is 0 Å². The fourth-order valence-electron chi connectivity index (χ4n) is 3.02. The van der Waals surface area contributed by atoms with Crippen molar-refractivity contribution in [1.82, 2.24) is 14.5 Å². The Labute approximate surface area is 139 Å². The van der Waals surface area contributed by atoms with Crippen LogP contribution in [0.4, 0.5) is 0 Å². The molecule has 0 saturated heterocycles. The lowest BCUT2D eigenvalue weighted by Gasteiger charge is -2.21. The zero-order valence-corrected chi connectivity index (χ0v) is 14.8. The van der Waals surface area contributed by atoms with Crippen molar-refractivity contribution in [1.29, 1.82) is 0 Å². The highest BCUT2D eigenvalue weighted by atomic mass is 32.1. The molecule has 2 heterocycles. The minimum absolute atomic E-state index is 0.00870. The van der Waals surface area contributed by atoms with Crippen molar-refractivity contribution < 1.29 is 4.79 Å². The molecule has 0 aliphatic heterocycles. The fourth-order valence-corrected chi connectivity index (χ4v) is 4.24. The number of thiophene rings is 1. The first-order valence-corrected chi connectivity index (χ1v) is 9.06. The molecule has 0 N–H and O–H groups in total. The van der Waals surface area contributed by atoms with Gasteiger partial charge >= 0.3 is 0 Å². The molecular weight excluding hydrogens is 310 g/mol. The third kappa shape index (κ3) is 3.04. The molecule has 0 fully saturated rings. The highest BCUT2D eigenvalue weighted by Gasteiger charge is 2.20. The van der Waals surface area contributed by atoms with Gasteiger partial charge in [-0.1, -0.05) is 0 Å². The van der Waals surface area contributed by atoms with Crippen molar-refractivity contribution >= 4 is 27.5 Å². The van der Waals surface area contributed by atoms with Crippen LogP contribution in [0, 0.1) is 0 Å². The molecule has 1 aliphatic rings. The van der Waals surface area contributed by atoms with Crippen LogP contribution in [0.5, 0.6) is 0 Å². The molecule has 0 saturated carbocycles. The van der Waals surface area contributed by atoms with E-state index in [1.807, 2.05) is 13.8 Å². The zero-order chi connectivity index (χ0) is 16.6. The number of rotatable bonds is 4. The maximum absolute atomic E-state index is 12.8. The minimum Gasteiger partial charge on any atom is -0.343 e. The van der Waals surface area contributed by atoms with Gasteiger partial charge in [-0.2, -0.15) is 0 Å². The fraction of sp³-hybridized carbons (Fsp3) is 0.588. The number of hydrogen-bond donors (Lipinski definition) is 0. The van der Waals surface area contributed by atoms with Gasteiger partial charge in [-0.15, -0.1) is 11.3 Å². The molecule has 0 atom stereocenters. The first-order chi connectivity index (χ1) is 11.0. The van der Waals surface area contributed by atoms with Crippen LogP contribution in [0.1, 0.15) is 43.6 Å². The smallest absolute Gasteiger partial charge is 0.262 e. The Kier molecular flexibility index (Phi) is 4.53. The van der Waals surface area contributed by atoms with Gasteiger partial charge in [0.15, 0.2) is 0 Å². The summed E-state index contributed by atoms with van der Waals surface area (Å²) in [6, 6.07) is 0.170. The van der Waals surface area contributed by atoms with Gasteiger partial charge in [-0.3, -0.25) is 14.2 Å². The Morgan fingerprint density at radius 1 is 1.39 bits per heavy atom. The largest absolute Gasteiger partial charge is 0.343 e. The lowest BCUT2D eigenvalue weighted by Crippen LogP contribution is -2.34. The Morgan fingerprint density at radius 3 is 2.87 bits per heavy atom. The summed E-state index contributed by atoms with van der Waals surface area (Å²) < 4.78 is 1.59. The quantitative estimate of drug-likeness (QED) is 0.864. The van der Waals surface area contributed by atoms with Crippen LogP contribution in [0.3, 0.4) is 0 Å². The summed E-state index contributed by atoms with van der Waals surface area (Å²) in [5, 5.41) is 0.789. The highest BCUT2D eigenvalue weighted by molar-refractivity contribution is 7.18. The number of carbonyl (C=O) groups is 1. The maximum Gasteiger partial charge on any atom is 0.262 e. The number of aryl methyl sites for hydroxylation is 3. The van der Waals surface area contributed by atoms with E-state index < -0.39 is 0 Å². The van der Waals surface area contributed by atoms with Crippen LogP contribution in [0.25, 0.3) is 10.2 Å². The van der Waals surface area contributed by atoms with Gasteiger partial charge in [-0.05, 0) is 45.1 Å². The minimum atomic E-state index is 0.00870. The van der Waals surface area contributed by atoms with E-state index in [1.165, 1.54) is 16.9 Å². The van der Waals surface area contributed by atoms with E-state index in [0.717, 1.165) is 29.5 Å². The monoisotopic (exact) mass is 333 g/mol. The van der Waals surface area contributed by atoms with E-state index in [4.69, 9.17) is 0 Å². The summed E-state index contributed by atoms with van der Waals surface area (Å²) in [5.41, 5.74) is 1.21. The summed E-state index contributed by atoms with van der Waals surface area (Å²) in [6.07, 6.45) is 6.30. The van der Waals surface area contributed by atoms with Gasteiger partial charge in [0.1, 0.15) is 4.83 Å². The molecule has 23 heavy (non-hydrogen) atoms.